The monoisotopic (exact) mass is 553 g/mol. The van der Waals surface area contributed by atoms with Gasteiger partial charge in [-0.25, -0.2) is 4.39 Å². The van der Waals surface area contributed by atoms with Crippen molar-refractivity contribution in [1.29, 1.82) is 5.26 Å². The van der Waals surface area contributed by atoms with Gasteiger partial charge in [-0.05, 0) is 105 Å². The Hall–Kier alpha value is -4.38. The molecule has 5 rings (SSSR count). The van der Waals surface area contributed by atoms with E-state index in [9.17, 15) is 18.8 Å². The predicted octanol–water partition coefficient (Wildman–Crippen LogP) is 6.04. The molecule has 3 aromatic rings. The van der Waals surface area contributed by atoms with E-state index in [0.717, 1.165) is 31.4 Å². The summed E-state index contributed by atoms with van der Waals surface area (Å²) in [6.07, 6.45) is 6.60. The summed E-state index contributed by atoms with van der Waals surface area (Å²) in [5.74, 6) is 0.243. The summed E-state index contributed by atoms with van der Waals surface area (Å²) in [7, 11) is 0. The minimum atomic E-state index is -0.377. The molecule has 0 atom stereocenters. The number of nitrogens with zero attached hydrogens (tertiary/aromatic N) is 3. The van der Waals surface area contributed by atoms with Crippen molar-refractivity contribution in [2.45, 2.75) is 51.0 Å². The summed E-state index contributed by atoms with van der Waals surface area (Å²) < 4.78 is 19.2. The SMILES string of the molecule is N#Cc1ccc(OC2CCC(CC(=O)c3ccc(C(=O)N4CCC(C(=O)c5ccc(F)cc5)CC4)cn3)CC2)cc1. The fourth-order valence-corrected chi connectivity index (χ4v) is 5.68. The number of amides is 1. The van der Waals surface area contributed by atoms with E-state index in [0.29, 0.717) is 54.7 Å². The zero-order valence-corrected chi connectivity index (χ0v) is 22.8. The van der Waals surface area contributed by atoms with Crippen LogP contribution in [0.3, 0.4) is 0 Å². The smallest absolute Gasteiger partial charge is 0.255 e. The largest absolute Gasteiger partial charge is 0.490 e. The summed E-state index contributed by atoms with van der Waals surface area (Å²) in [6, 6.07) is 18.1. The highest BCUT2D eigenvalue weighted by Gasteiger charge is 2.29. The van der Waals surface area contributed by atoms with Crippen LogP contribution in [0.1, 0.15) is 81.7 Å². The van der Waals surface area contributed by atoms with Gasteiger partial charge in [-0.15, -0.1) is 0 Å². The lowest BCUT2D eigenvalue weighted by atomic mass is 9.84. The Morgan fingerprint density at radius 2 is 1.54 bits per heavy atom. The first-order valence-electron chi connectivity index (χ1n) is 14.1. The van der Waals surface area contributed by atoms with Gasteiger partial charge in [0.25, 0.3) is 5.91 Å². The van der Waals surface area contributed by atoms with Crippen molar-refractivity contribution in [2.75, 3.05) is 13.1 Å². The number of ether oxygens (including phenoxy) is 1. The Kier molecular flexibility index (Phi) is 8.83. The van der Waals surface area contributed by atoms with Crippen LogP contribution in [0.2, 0.25) is 0 Å². The second-order valence-electron chi connectivity index (χ2n) is 10.9. The Bertz CT molecular complexity index is 1420. The van der Waals surface area contributed by atoms with E-state index in [1.807, 2.05) is 12.1 Å². The number of carbonyl (C=O) groups is 3. The van der Waals surface area contributed by atoms with E-state index in [2.05, 4.69) is 11.1 Å². The number of pyridine rings is 1. The molecule has 1 aliphatic carbocycles. The van der Waals surface area contributed by atoms with Gasteiger partial charge < -0.3 is 9.64 Å². The summed E-state index contributed by atoms with van der Waals surface area (Å²) in [4.78, 5) is 44.7. The molecular weight excluding hydrogens is 521 g/mol. The summed E-state index contributed by atoms with van der Waals surface area (Å²) >= 11 is 0. The van der Waals surface area contributed by atoms with Crippen molar-refractivity contribution in [1.82, 2.24) is 9.88 Å². The van der Waals surface area contributed by atoms with Gasteiger partial charge in [0.1, 0.15) is 17.3 Å². The van der Waals surface area contributed by atoms with Crippen LogP contribution in [-0.4, -0.2) is 46.6 Å². The minimum Gasteiger partial charge on any atom is -0.490 e. The van der Waals surface area contributed by atoms with Gasteiger partial charge in [0.2, 0.25) is 0 Å². The lowest BCUT2D eigenvalue weighted by Gasteiger charge is -2.31. The highest BCUT2D eigenvalue weighted by atomic mass is 19.1. The number of piperidine rings is 1. The Balaban J connectivity index is 1.07. The number of halogens is 1. The number of likely N-dealkylation sites (tertiary alicyclic amines) is 1. The van der Waals surface area contributed by atoms with Crippen molar-refractivity contribution in [2.24, 2.45) is 11.8 Å². The van der Waals surface area contributed by atoms with E-state index >= 15 is 0 Å². The van der Waals surface area contributed by atoms with Gasteiger partial charge in [-0.1, -0.05) is 0 Å². The molecule has 1 aromatic heterocycles. The molecule has 1 saturated carbocycles. The number of rotatable bonds is 8. The lowest BCUT2D eigenvalue weighted by molar-refractivity contribution is 0.0649. The number of aromatic nitrogens is 1. The van der Waals surface area contributed by atoms with Gasteiger partial charge in [-0.2, -0.15) is 5.26 Å². The van der Waals surface area contributed by atoms with Gasteiger partial charge in [0.05, 0.1) is 23.3 Å². The first-order valence-corrected chi connectivity index (χ1v) is 14.1. The first kappa shape index (κ1) is 28.2. The van der Waals surface area contributed by atoms with E-state index in [-0.39, 0.29) is 41.2 Å². The zero-order valence-electron chi connectivity index (χ0n) is 22.8. The predicted molar refractivity (Wildman–Crippen MR) is 150 cm³/mol. The topological polar surface area (TPSA) is 100 Å². The van der Waals surface area contributed by atoms with Gasteiger partial charge >= 0.3 is 0 Å². The number of hydrogen-bond acceptors (Lipinski definition) is 6. The molecule has 0 N–H and O–H groups in total. The van der Waals surface area contributed by atoms with Crippen LogP contribution in [0.25, 0.3) is 0 Å². The van der Waals surface area contributed by atoms with Crippen molar-refractivity contribution >= 4 is 17.5 Å². The maximum atomic E-state index is 13.2. The molecule has 0 bridgehead atoms. The Labute approximate surface area is 239 Å². The van der Waals surface area contributed by atoms with E-state index in [4.69, 9.17) is 10.00 Å². The van der Waals surface area contributed by atoms with E-state index < -0.39 is 0 Å². The molecule has 0 spiro atoms. The first-order chi connectivity index (χ1) is 19.9. The molecule has 41 heavy (non-hydrogen) atoms. The van der Waals surface area contributed by atoms with Gasteiger partial charge in [0, 0.05) is 37.2 Å². The number of nitriles is 1. The standard InChI is InChI=1S/C33H32FN3O4/c34-27-8-5-24(6-9-27)32(39)25-15-17-37(18-16-25)33(40)26-7-14-30(36-21-26)31(38)19-22-1-10-28(11-2-22)41-29-12-3-23(20-35)4-13-29/h3-9,12-14,21-22,25,28H,1-2,10-11,15-19H2. The minimum absolute atomic E-state index is 0.0195. The summed E-state index contributed by atoms with van der Waals surface area (Å²) in [5.41, 5.74) is 1.87. The number of ketones is 2. The molecule has 0 radical (unpaired) electrons. The third kappa shape index (κ3) is 7.04. The van der Waals surface area contributed by atoms with Crippen LogP contribution < -0.4 is 4.74 Å². The molecule has 2 aliphatic rings. The number of hydrogen-bond donors (Lipinski definition) is 0. The number of Topliss-reactive ketones (excluding diaryl/α,β-unsaturated/α-hetero) is 2. The average Bonchev–Trinajstić information content (AvgIpc) is 3.02. The molecule has 0 unspecified atom stereocenters. The van der Waals surface area contributed by atoms with Crippen molar-refractivity contribution < 1.29 is 23.5 Å². The summed E-state index contributed by atoms with van der Waals surface area (Å²) in [5, 5.41) is 8.93. The third-order valence-electron chi connectivity index (χ3n) is 8.13. The molecule has 7 nitrogen and oxygen atoms in total. The zero-order chi connectivity index (χ0) is 28.8. The third-order valence-corrected chi connectivity index (χ3v) is 8.13. The molecule has 1 amide bonds. The Morgan fingerprint density at radius 3 is 2.15 bits per heavy atom. The van der Waals surface area contributed by atoms with Crippen molar-refractivity contribution in [3.05, 3.63) is 95.1 Å². The molecule has 2 aromatic carbocycles. The van der Waals surface area contributed by atoms with Crippen LogP contribution in [0.15, 0.2) is 66.9 Å². The normalized spacial score (nSPS) is 19.3. The molecule has 210 valence electrons. The van der Waals surface area contributed by atoms with Gasteiger partial charge in [0.15, 0.2) is 11.6 Å². The van der Waals surface area contributed by atoms with Crippen LogP contribution in [0, 0.1) is 29.0 Å². The van der Waals surface area contributed by atoms with Crippen LogP contribution in [0.5, 0.6) is 5.75 Å². The summed E-state index contributed by atoms with van der Waals surface area (Å²) in [6.45, 7) is 0.906. The average molecular weight is 554 g/mol. The molecule has 8 heteroatoms. The van der Waals surface area contributed by atoms with E-state index in [1.54, 1.807) is 29.2 Å². The number of benzene rings is 2. The molecule has 2 heterocycles. The molecular formula is C33H32FN3O4. The Morgan fingerprint density at radius 1 is 0.878 bits per heavy atom. The fraction of sp³-hybridized carbons (Fsp3) is 0.364. The van der Waals surface area contributed by atoms with Crippen molar-refractivity contribution in [3.8, 4) is 11.8 Å². The molecule has 1 saturated heterocycles. The molecule has 1 aliphatic heterocycles. The van der Waals surface area contributed by atoms with Gasteiger partial charge in [-0.3, -0.25) is 19.4 Å². The quantitative estimate of drug-likeness (QED) is 0.316. The van der Waals surface area contributed by atoms with E-state index in [1.165, 1.54) is 30.5 Å². The van der Waals surface area contributed by atoms with Crippen molar-refractivity contribution in [3.63, 3.8) is 0 Å². The highest BCUT2D eigenvalue weighted by molar-refractivity contribution is 5.99. The second kappa shape index (κ2) is 12.9. The lowest BCUT2D eigenvalue weighted by Crippen LogP contribution is -2.40. The van der Waals surface area contributed by atoms with Crippen LogP contribution >= 0.6 is 0 Å². The molecule has 2 fully saturated rings. The highest BCUT2D eigenvalue weighted by Crippen LogP contribution is 2.31. The van der Waals surface area contributed by atoms with Crippen LogP contribution in [-0.2, 0) is 0 Å². The maximum absolute atomic E-state index is 13.2. The number of carbonyl (C=O) groups excluding carboxylic acids is 3. The maximum Gasteiger partial charge on any atom is 0.255 e. The van der Waals surface area contributed by atoms with Crippen LogP contribution in [0.4, 0.5) is 4.39 Å². The second-order valence-corrected chi connectivity index (χ2v) is 10.9. The fourth-order valence-electron chi connectivity index (χ4n) is 5.68.